The van der Waals surface area contributed by atoms with Gasteiger partial charge < -0.3 is 16.4 Å². The molecular weight excluding hydrogens is 254 g/mol. The third-order valence-corrected chi connectivity index (χ3v) is 2.66. The molecule has 0 fully saturated rings. The van der Waals surface area contributed by atoms with E-state index in [1.807, 2.05) is 6.92 Å². The fraction of sp³-hybridized carbons (Fsp3) is 0.333. The van der Waals surface area contributed by atoms with Crippen molar-refractivity contribution in [1.82, 2.24) is 10.6 Å². The van der Waals surface area contributed by atoms with E-state index < -0.39 is 5.91 Å². The van der Waals surface area contributed by atoms with E-state index in [1.165, 1.54) is 6.07 Å². The lowest BCUT2D eigenvalue weighted by atomic mass is 10.1. The zero-order valence-corrected chi connectivity index (χ0v) is 10.9. The molecule has 5 nitrogen and oxygen atoms in total. The highest BCUT2D eigenvalue weighted by molar-refractivity contribution is 6.31. The lowest BCUT2D eigenvalue weighted by Crippen LogP contribution is -2.33. The molecule has 0 saturated heterocycles. The van der Waals surface area contributed by atoms with Gasteiger partial charge in [-0.25, -0.2) is 0 Å². The van der Waals surface area contributed by atoms with E-state index in [9.17, 15) is 9.59 Å². The minimum absolute atomic E-state index is 0.0672. The van der Waals surface area contributed by atoms with E-state index >= 15 is 0 Å². The van der Waals surface area contributed by atoms with Crippen molar-refractivity contribution in [3.63, 3.8) is 0 Å². The first-order valence-electron chi connectivity index (χ1n) is 5.60. The molecule has 0 radical (unpaired) electrons. The first-order chi connectivity index (χ1) is 8.54. The Balaban J connectivity index is 2.53. The van der Waals surface area contributed by atoms with E-state index in [-0.39, 0.29) is 12.5 Å². The molecular formula is C12H16ClN3O2. The lowest BCUT2D eigenvalue weighted by molar-refractivity contribution is -0.120. The number of benzene rings is 1. The normalized spacial score (nSPS) is 10.1. The van der Waals surface area contributed by atoms with Crippen molar-refractivity contribution >= 4 is 23.4 Å². The maximum atomic E-state index is 11.2. The summed E-state index contributed by atoms with van der Waals surface area (Å²) in [4.78, 5) is 22.1. The number of nitrogens with one attached hydrogen (secondary N) is 2. The van der Waals surface area contributed by atoms with Crippen LogP contribution in [0.2, 0.25) is 5.02 Å². The van der Waals surface area contributed by atoms with E-state index in [0.29, 0.717) is 23.7 Å². The molecule has 18 heavy (non-hydrogen) atoms. The van der Waals surface area contributed by atoms with Crippen molar-refractivity contribution in [2.24, 2.45) is 5.73 Å². The van der Waals surface area contributed by atoms with Crippen molar-refractivity contribution in [3.8, 4) is 0 Å². The topological polar surface area (TPSA) is 84.2 Å². The van der Waals surface area contributed by atoms with Gasteiger partial charge in [0.05, 0.1) is 6.54 Å². The number of carbonyl (C=O) groups is 2. The second kappa shape index (κ2) is 6.98. The summed E-state index contributed by atoms with van der Waals surface area (Å²) >= 11 is 6.00. The van der Waals surface area contributed by atoms with Crippen molar-refractivity contribution in [3.05, 3.63) is 34.3 Å². The maximum Gasteiger partial charge on any atom is 0.248 e. The minimum Gasteiger partial charge on any atom is -0.366 e. The highest BCUT2D eigenvalue weighted by Gasteiger charge is 2.06. The van der Waals surface area contributed by atoms with Crippen LogP contribution in [0.15, 0.2) is 18.2 Å². The number of likely N-dealkylation sites (N-methyl/N-ethyl adjacent to an activating group) is 1. The third kappa shape index (κ3) is 4.35. The average molecular weight is 270 g/mol. The van der Waals surface area contributed by atoms with Gasteiger partial charge in [-0.2, -0.15) is 0 Å². The van der Waals surface area contributed by atoms with Crippen LogP contribution in [-0.4, -0.2) is 24.9 Å². The van der Waals surface area contributed by atoms with E-state index in [1.54, 1.807) is 12.1 Å². The fourth-order valence-corrected chi connectivity index (χ4v) is 1.66. The number of carbonyl (C=O) groups excluding carboxylic acids is 2. The Labute approximate surface area is 111 Å². The molecule has 0 aliphatic rings. The first-order valence-corrected chi connectivity index (χ1v) is 5.98. The monoisotopic (exact) mass is 269 g/mol. The zero-order valence-electron chi connectivity index (χ0n) is 10.1. The van der Waals surface area contributed by atoms with Crippen LogP contribution < -0.4 is 16.4 Å². The van der Waals surface area contributed by atoms with Gasteiger partial charge in [0.25, 0.3) is 0 Å². The van der Waals surface area contributed by atoms with Gasteiger partial charge in [-0.05, 0) is 24.6 Å². The number of primary amides is 1. The molecule has 0 bridgehead atoms. The third-order valence-electron chi connectivity index (χ3n) is 2.31. The number of hydrogen-bond donors (Lipinski definition) is 3. The fourth-order valence-electron chi connectivity index (χ4n) is 1.41. The molecule has 0 atom stereocenters. The van der Waals surface area contributed by atoms with Gasteiger partial charge in [-0.15, -0.1) is 0 Å². The van der Waals surface area contributed by atoms with Crippen molar-refractivity contribution < 1.29 is 9.59 Å². The number of hydrogen-bond acceptors (Lipinski definition) is 3. The molecule has 0 spiro atoms. The molecule has 1 aromatic rings. The molecule has 0 aromatic heterocycles. The van der Waals surface area contributed by atoms with Gasteiger partial charge in [0.2, 0.25) is 11.8 Å². The summed E-state index contributed by atoms with van der Waals surface area (Å²) in [5.74, 6) is -0.582. The minimum atomic E-state index is -0.515. The molecule has 6 heteroatoms. The van der Waals surface area contributed by atoms with Gasteiger partial charge in [-0.1, -0.05) is 17.7 Å². The van der Waals surface area contributed by atoms with Crippen LogP contribution in [0.5, 0.6) is 0 Å². The van der Waals surface area contributed by atoms with Crippen molar-refractivity contribution in [2.45, 2.75) is 13.5 Å². The van der Waals surface area contributed by atoms with Crippen LogP contribution in [0.25, 0.3) is 0 Å². The van der Waals surface area contributed by atoms with Crippen LogP contribution in [0.4, 0.5) is 0 Å². The molecule has 0 saturated carbocycles. The van der Waals surface area contributed by atoms with Gasteiger partial charge in [0.1, 0.15) is 0 Å². The number of halogens is 1. The summed E-state index contributed by atoms with van der Waals surface area (Å²) in [5.41, 5.74) is 6.32. The second-order valence-electron chi connectivity index (χ2n) is 3.73. The molecule has 1 aromatic carbocycles. The zero-order chi connectivity index (χ0) is 13.5. The summed E-state index contributed by atoms with van der Waals surface area (Å²) in [6, 6.07) is 4.84. The number of rotatable bonds is 6. The molecule has 0 heterocycles. The molecule has 0 unspecified atom stereocenters. The maximum absolute atomic E-state index is 11.2. The van der Waals surface area contributed by atoms with Crippen molar-refractivity contribution in [2.75, 3.05) is 13.1 Å². The molecule has 1 rings (SSSR count). The molecule has 0 aliphatic carbocycles. The van der Waals surface area contributed by atoms with Crippen LogP contribution in [0.3, 0.4) is 0 Å². The Bertz CT molecular complexity index is 449. The summed E-state index contributed by atoms with van der Waals surface area (Å²) in [6.07, 6.45) is 0. The smallest absolute Gasteiger partial charge is 0.248 e. The highest BCUT2D eigenvalue weighted by atomic mass is 35.5. The van der Waals surface area contributed by atoms with Gasteiger partial charge in [0.15, 0.2) is 0 Å². The molecule has 4 N–H and O–H groups in total. The van der Waals surface area contributed by atoms with E-state index in [0.717, 1.165) is 5.56 Å². The summed E-state index contributed by atoms with van der Waals surface area (Å²) in [7, 11) is 0. The average Bonchev–Trinajstić information content (AvgIpc) is 2.31. The Morgan fingerprint density at radius 2 is 2.11 bits per heavy atom. The first kappa shape index (κ1) is 14.5. The summed E-state index contributed by atoms with van der Waals surface area (Å²) in [5, 5.41) is 6.09. The Morgan fingerprint density at radius 1 is 1.39 bits per heavy atom. The highest BCUT2D eigenvalue weighted by Crippen LogP contribution is 2.17. The predicted molar refractivity (Wildman–Crippen MR) is 70.4 cm³/mol. The Morgan fingerprint density at radius 3 is 2.67 bits per heavy atom. The molecule has 98 valence electrons. The second-order valence-corrected chi connectivity index (χ2v) is 4.13. The molecule has 2 amide bonds. The predicted octanol–water partition coefficient (Wildman–Crippen LogP) is 0.665. The SMILES string of the molecule is CCNC(=O)CNCc1ccc(C(N)=O)cc1Cl. The van der Waals surface area contributed by atoms with Gasteiger partial charge in [0, 0.05) is 23.7 Å². The quantitative estimate of drug-likeness (QED) is 0.709. The van der Waals surface area contributed by atoms with Crippen molar-refractivity contribution in [1.29, 1.82) is 0 Å². The van der Waals surface area contributed by atoms with Crippen LogP contribution in [0.1, 0.15) is 22.8 Å². The van der Waals surface area contributed by atoms with Gasteiger partial charge in [-0.3, -0.25) is 9.59 Å². The van der Waals surface area contributed by atoms with Crippen LogP contribution in [-0.2, 0) is 11.3 Å². The van der Waals surface area contributed by atoms with Gasteiger partial charge >= 0.3 is 0 Å². The Kier molecular flexibility index (Phi) is 5.61. The number of nitrogens with two attached hydrogens (primary N) is 1. The summed E-state index contributed by atoms with van der Waals surface area (Å²) < 4.78 is 0. The molecule has 0 aliphatic heterocycles. The van der Waals surface area contributed by atoms with Crippen LogP contribution in [0, 0.1) is 0 Å². The lowest BCUT2D eigenvalue weighted by Gasteiger charge is -2.07. The van der Waals surface area contributed by atoms with E-state index in [2.05, 4.69) is 10.6 Å². The summed E-state index contributed by atoms with van der Waals surface area (Å²) in [6.45, 7) is 3.14. The van der Waals surface area contributed by atoms with Crippen LogP contribution >= 0.6 is 11.6 Å². The van der Waals surface area contributed by atoms with E-state index in [4.69, 9.17) is 17.3 Å². The number of amides is 2. The standard InChI is InChI=1S/C12H16ClN3O2/c1-2-16-11(17)7-15-6-9-4-3-8(12(14)18)5-10(9)13/h3-5,15H,2,6-7H2,1H3,(H2,14,18)(H,16,17). The largest absolute Gasteiger partial charge is 0.366 e. The Hall–Kier alpha value is -1.59.